The lowest BCUT2D eigenvalue weighted by Crippen LogP contribution is -2.26. The van der Waals surface area contributed by atoms with Crippen LogP contribution in [-0.4, -0.2) is 13.7 Å². The maximum atomic E-state index is 11.7. The second-order valence-corrected chi connectivity index (χ2v) is 2.92. The maximum absolute atomic E-state index is 11.7. The number of rotatable bonds is 2. The van der Waals surface area contributed by atoms with E-state index >= 15 is 0 Å². The van der Waals surface area contributed by atoms with Crippen molar-refractivity contribution in [1.29, 1.82) is 0 Å². The van der Waals surface area contributed by atoms with E-state index < -0.39 is 27.4 Å². The van der Waals surface area contributed by atoms with E-state index in [1.807, 2.05) is 0 Å². The molecule has 0 atom stereocenters. The lowest BCUT2D eigenvalue weighted by molar-refractivity contribution is 0.0890. The molecule has 0 aromatic heterocycles. The molecule has 72 valence electrons. The zero-order chi connectivity index (χ0) is 10.2. The van der Waals surface area contributed by atoms with Gasteiger partial charge in [0, 0.05) is 0 Å². The Morgan fingerprint density at radius 1 is 1.08 bits per heavy atom. The van der Waals surface area contributed by atoms with Crippen LogP contribution in [0.5, 0.6) is 0 Å². The molecule has 0 spiro atoms. The van der Waals surface area contributed by atoms with Crippen LogP contribution in [-0.2, 0) is 10.2 Å². The van der Waals surface area contributed by atoms with Crippen LogP contribution in [0.4, 0.5) is 25.8 Å². The van der Waals surface area contributed by atoms with Crippen molar-refractivity contribution in [3.8, 4) is 0 Å². The Bertz CT molecular complexity index is 299. The van der Waals surface area contributed by atoms with Gasteiger partial charge in [0.1, 0.15) is 0 Å². The fourth-order valence-electron chi connectivity index (χ4n) is 0.217. The predicted molar refractivity (Wildman–Crippen MR) is 25.3 cm³/mol. The molecule has 0 aliphatic carbocycles. The van der Waals surface area contributed by atoms with Crippen molar-refractivity contribution in [3.63, 3.8) is 0 Å². The minimum atomic E-state index is -6.69. The molecule has 0 aliphatic rings. The predicted octanol–water partition coefficient (Wildman–Crippen LogP) is 1.96. The molecule has 0 N–H and O–H groups in total. The summed E-state index contributed by atoms with van der Waals surface area (Å²) in [5.74, 6) is -3.61. The molecule has 0 radical (unpaired) electrons. The highest BCUT2D eigenvalue weighted by Gasteiger charge is 2.53. The molecular formula is C3F6O2S. The van der Waals surface area contributed by atoms with Gasteiger partial charge in [-0.05, 0) is 0 Å². The third-order valence-corrected chi connectivity index (χ3v) is 1.52. The van der Waals surface area contributed by atoms with Crippen LogP contribution < -0.4 is 0 Å². The average Bonchev–Trinajstić information content (AvgIpc) is 1.83. The lowest BCUT2D eigenvalue weighted by atomic mass is 10.6. The summed E-state index contributed by atoms with van der Waals surface area (Å²) in [5, 5.41) is -5.81. The quantitative estimate of drug-likeness (QED) is 0.520. The van der Waals surface area contributed by atoms with Gasteiger partial charge in [0.15, 0.2) is 0 Å². The lowest BCUT2D eigenvalue weighted by Gasteiger charge is -2.06. The van der Waals surface area contributed by atoms with E-state index in [1.54, 1.807) is 0 Å². The number of hydrogen-bond donors (Lipinski definition) is 0. The molecule has 0 bridgehead atoms. The molecule has 0 saturated carbocycles. The van der Waals surface area contributed by atoms with Gasteiger partial charge in [0.05, 0.1) is 0 Å². The molecule has 0 aliphatic heterocycles. The highest BCUT2D eigenvalue weighted by Crippen LogP contribution is 2.35. The van der Waals surface area contributed by atoms with Crippen molar-refractivity contribution < 1.29 is 34.3 Å². The van der Waals surface area contributed by atoms with Gasteiger partial charge in [-0.1, -0.05) is 3.89 Å². The van der Waals surface area contributed by atoms with E-state index in [0.717, 1.165) is 0 Å². The maximum Gasteiger partial charge on any atom is 0.430 e. The van der Waals surface area contributed by atoms with Crippen LogP contribution >= 0.6 is 0 Å². The highest BCUT2D eigenvalue weighted by molar-refractivity contribution is 7.87. The van der Waals surface area contributed by atoms with Gasteiger partial charge in [-0.15, -0.1) is 0 Å². The van der Waals surface area contributed by atoms with E-state index in [4.69, 9.17) is 0 Å². The summed E-state index contributed by atoms with van der Waals surface area (Å²) in [6.45, 7) is 0. The SMILES string of the molecule is O=S(=O)(F)C(F)(F)C(F)=C(F)F. The standard InChI is InChI=1S/C3F6O2S/c4-1(2(5)6)3(7,8)12(9,10)11. The van der Waals surface area contributed by atoms with Gasteiger partial charge in [-0.25, -0.2) is 0 Å². The van der Waals surface area contributed by atoms with Gasteiger partial charge < -0.3 is 0 Å². The molecule has 0 fully saturated rings. The second-order valence-electron chi connectivity index (χ2n) is 1.53. The van der Waals surface area contributed by atoms with Gasteiger partial charge in [-0.3, -0.25) is 0 Å². The van der Waals surface area contributed by atoms with E-state index in [-0.39, 0.29) is 0 Å². The van der Waals surface area contributed by atoms with Gasteiger partial charge in [-0.2, -0.15) is 30.4 Å². The Morgan fingerprint density at radius 3 is 1.50 bits per heavy atom. The fourth-order valence-corrected chi connectivity index (χ4v) is 0.508. The molecule has 0 saturated heterocycles. The van der Waals surface area contributed by atoms with E-state index in [0.29, 0.717) is 0 Å². The molecule has 12 heavy (non-hydrogen) atoms. The van der Waals surface area contributed by atoms with Crippen molar-refractivity contribution in [3.05, 3.63) is 11.9 Å². The molecule has 0 unspecified atom stereocenters. The number of hydrogen-bond acceptors (Lipinski definition) is 2. The molecule has 0 amide bonds. The van der Waals surface area contributed by atoms with Crippen molar-refractivity contribution in [2.24, 2.45) is 0 Å². The first-order valence-corrected chi connectivity index (χ1v) is 3.52. The smallest absolute Gasteiger partial charge is 0.198 e. The van der Waals surface area contributed by atoms with Crippen LogP contribution in [0.2, 0.25) is 0 Å². The zero-order valence-electron chi connectivity index (χ0n) is 4.99. The molecule has 0 aromatic rings. The molecule has 9 heteroatoms. The Labute approximate surface area is 62.7 Å². The summed E-state index contributed by atoms with van der Waals surface area (Å²) in [6.07, 6.45) is -3.58. The van der Waals surface area contributed by atoms with Crippen LogP contribution in [0.15, 0.2) is 11.9 Å². The second kappa shape index (κ2) is 2.96. The van der Waals surface area contributed by atoms with Gasteiger partial charge in [0.25, 0.3) is 5.83 Å². The Balaban J connectivity index is 5.31. The van der Waals surface area contributed by atoms with Crippen LogP contribution in [0.3, 0.4) is 0 Å². The largest absolute Gasteiger partial charge is 0.430 e. The average molecular weight is 214 g/mol. The topological polar surface area (TPSA) is 34.1 Å². The van der Waals surface area contributed by atoms with Gasteiger partial charge in [0.2, 0.25) is 0 Å². The summed E-state index contributed by atoms with van der Waals surface area (Å²) in [4.78, 5) is 0. The minimum Gasteiger partial charge on any atom is -0.198 e. The fraction of sp³-hybridized carbons (Fsp3) is 0.333. The third-order valence-electron chi connectivity index (χ3n) is 0.728. The van der Waals surface area contributed by atoms with Crippen molar-refractivity contribution in [2.75, 3.05) is 0 Å². The van der Waals surface area contributed by atoms with Crippen LogP contribution in [0.1, 0.15) is 0 Å². The van der Waals surface area contributed by atoms with E-state index in [9.17, 15) is 34.3 Å². The van der Waals surface area contributed by atoms with Crippen molar-refractivity contribution in [2.45, 2.75) is 5.25 Å². The summed E-state index contributed by atoms with van der Waals surface area (Å²) in [5.41, 5.74) is 0. The minimum absolute atomic E-state index is 3.58. The monoisotopic (exact) mass is 214 g/mol. The Morgan fingerprint density at radius 2 is 1.42 bits per heavy atom. The Hall–Kier alpha value is -0.730. The van der Waals surface area contributed by atoms with Gasteiger partial charge >= 0.3 is 21.6 Å². The van der Waals surface area contributed by atoms with E-state index in [2.05, 4.69) is 0 Å². The van der Waals surface area contributed by atoms with Crippen molar-refractivity contribution >= 4 is 10.2 Å². The summed E-state index contributed by atoms with van der Waals surface area (Å²) in [6, 6.07) is 0. The molecule has 2 nitrogen and oxygen atoms in total. The summed E-state index contributed by atoms with van der Waals surface area (Å²) in [7, 11) is -6.69. The van der Waals surface area contributed by atoms with Crippen molar-refractivity contribution in [1.82, 2.24) is 0 Å². The molecular weight excluding hydrogens is 214 g/mol. The zero-order valence-corrected chi connectivity index (χ0v) is 5.81. The summed E-state index contributed by atoms with van der Waals surface area (Å²) < 4.78 is 87.2. The first-order chi connectivity index (χ1) is 5.10. The molecule has 0 rings (SSSR count). The number of alkyl halides is 2. The molecule has 0 aromatic carbocycles. The first-order valence-electron chi connectivity index (χ1n) is 2.14. The highest BCUT2D eigenvalue weighted by atomic mass is 32.3. The number of halogens is 6. The summed E-state index contributed by atoms with van der Waals surface area (Å²) >= 11 is 0. The van der Waals surface area contributed by atoms with E-state index in [1.165, 1.54) is 0 Å². The van der Waals surface area contributed by atoms with Crippen LogP contribution in [0.25, 0.3) is 0 Å². The third kappa shape index (κ3) is 1.90. The first kappa shape index (κ1) is 11.3. The Kier molecular flexibility index (Phi) is 2.78. The molecule has 0 heterocycles. The normalized spacial score (nSPS) is 12.8. The van der Waals surface area contributed by atoms with Crippen LogP contribution in [0, 0.1) is 0 Å².